The van der Waals surface area contributed by atoms with E-state index in [1.807, 2.05) is 0 Å². The average Bonchev–Trinajstić information content (AvgIpc) is 3.36. The summed E-state index contributed by atoms with van der Waals surface area (Å²) in [5, 5.41) is 5.97. The van der Waals surface area contributed by atoms with Crippen molar-refractivity contribution in [3.63, 3.8) is 0 Å². The van der Waals surface area contributed by atoms with E-state index in [1.165, 1.54) is 96.0 Å². The molecule has 5 heteroatoms. The zero-order valence-corrected chi connectivity index (χ0v) is 25.4. The molecule has 3 nitrogen and oxygen atoms in total. The molecule has 0 aromatic heterocycles. The molecule has 0 bridgehead atoms. The van der Waals surface area contributed by atoms with Gasteiger partial charge in [-0.2, -0.15) is 0 Å². The number of carbonyl (C=O) groups is 1. The van der Waals surface area contributed by atoms with Gasteiger partial charge >= 0.3 is 0 Å². The molecule has 0 aliphatic heterocycles. The molecule has 0 radical (unpaired) electrons. The molecule has 1 aliphatic carbocycles. The van der Waals surface area contributed by atoms with E-state index in [2.05, 4.69) is 31.1 Å². The average molecular weight is 551 g/mol. The Kier molecular flexibility index (Phi) is 21.9. The predicted molar refractivity (Wildman–Crippen MR) is 164 cm³/mol. The number of hydrogen-bond acceptors (Lipinski definition) is 2. The van der Waals surface area contributed by atoms with E-state index in [9.17, 15) is 13.6 Å². The molecule has 1 rings (SSSR count). The third-order valence-electron chi connectivity index (χ3n) is 7.96. The summed E-state index contributed by atoms with van der Waals surface area (Å²) in [4.78, 5) is 12.4. The van der Waals surface area contributed by atoms with Crippen LogP contribution in [0.15, 0.2) is 36.1 Å². The SMILES string of the molecule is C=C(N[C@H]1CCC[C@H]1NC(=O)/C(F)=C/CCCCCCCCCCC)/C(F)=C/CCCCCCCCCCC. The Morgan fingerprint density at radius 2 is 1.03 bits per heavy atom. The van der Waals surface area contributed by atoms with Crippen LogP contribution >= 0.6 is 0 Å². The Hall–Kier alpha value is -1.65. The quantitative estimate of drug-likeness (QED) is 0.0674. The standard InChI is InChI=1S/C34H60F2N2O/c1-4-6-8-10-12-14-16-18-20-22-25-30(35)29(3)37-32-27-24-28-33(32)38-34(39)31(36)26-23-21-19-17-15-13-11-9-7-5-2/h25-26,32-33,37H,3-24,27-28H2,1-2H3,(H,38,39)/b30-25-,31-26-/t32-,33+/m0/s1. The monoisotopic (exact) mass is 550 g/mol. The molecule has 2 atom stereocenters. The van der Waals surface area contributed by atoms with Crippen LogP contribution in [-0.2, 0) is 4.79 Å². The van der Waals surface area contributed by atoms with Crippen molar-refractivity contribution in [1.29, 1.82) is 0 Å². The molecule has 1 fully saturated rings. The zero-order valence-electron chi connectivity index (χ0n) is 25.4. The minimum Gasteiger partial charge on any atom is -0.378 e. The lowest BCUT2D eigenvalue weighted by atomic mass is 10.1. The Morgan fingerprint density at radius 3 is 1.49 bits per heavy atom. The molecular weight excluding hydrogens is 490 g/mol. The van der Waals surface area contributed by atoms with Crippen LogP contribution in [0, 0.1) is 0 Å². The fourth-order valence-electron chi connectivity index (χ4n) is 5.42. The van der Waals surface area contributed by atoms with Crippen LogP contribution in [0.2, 0.25) is 0 Å². The van der Waals surface area contributed by atoms with Gasteiger partial charge in [0.05, 0.1) is 5.70 Å². The molecule has 0 spiro atoms. The number of amides is 1. The van der Waals surface area contributed by atoms with Crippen molar-refractivity contribution in [2.75, 3.05) is 0 Å². The highest BCUT2D eigenvalue weighted by molar-refractivity contribution is 5.91. The van der Waals surface area contributed by atoms with E-state index >= 15 is 0 Å². The van der Waals surface area contributed by atoms with Crippen LogP contribution in [0.3, 0.4) is 0 Å². The number of rotatable bonds is 25. The molecule has 0 heterocycles. The van der Waals surface area contributed by atoms with Crippen molar-refractivity contribution < 1.29 is 13.6 Å². The van der Waals surface area contributed by atoms with Gasteiger partial charge in [-0.25, -0.2) is 8.78 Å². The second-order valence-corrected chi connectivity index (χ2v) is 11.6. The summed E-state index contributed by atoms with van der Waals surface area (Å²) in [6, 6.07) is -0.343. The lowest BCUT2D eigenvalue weighted by Crippen LogP contribution is -2.46. The number of hydrogen-bond donors (Lipinski definition) is 2. The second kappa shape index (κ2) is 24.2. The highest BCUT2D eigenvalue weighted by atomic mass is 19.1. The first-order valence-corrected chi connectivity index (χ1v) is 16.5. The first-order valence-electron chi connectivity index (χ1n) is 16.5. The Bertz CT molecular complexity index is 645. The fraction of sp³-hybridized carbons (Fsp3) is 0.794. The first kappa shape index (κ1) is 35.4. The summed E-state index contributed by atoms with van der Waals surface area (Å²) in [7, 11) is 0. The van der Waals surface area contributed by atoms with Crippen LogP contribution in [0.25, 0.3) is 0 Å². The van der Waals surface area contributed by atoms with Gasteiger partial charge in [0.1, 0.15) is 5.83 Å². The van der Waals surface area contributed by atoms with Crippen LogP contribution < -0.4 is 10.6 Å². The molecule has 1 amide bonds. The summed E-state index contributed by atoms with van der Waals surface area (Å²) in [6.07, 6.45) is 29.0. The van der Waals surface area contributed by atoms with Crippen molar-refractivity contribution in [2.24, 2.45) is 0 Å². The van der Waals surface area contributed by atoms with Crippen LogP contribution in [0.5, 0.6) is 0 Å². The van der Waals surface area contributed by atoms with Gasteiger partial charge in [0.2, 0.25) is 0 Å². The molecular formula is C34H60F2N2O. The molecule has 0 unspecified atom stereocenters. The third-order valence-corrected chi connectivity index (χ3v) is 7.96. The Balaban J connectivity index is 2.22. The van der Waals surface area contributed by atoms with Crippen LogP contribution in [-0.4, -0.2) is 18.0 Å². The molecule has 0 aromatic carbocycles. The maximum absolute atomic E-state index is 14.6. The van der Waals surface area contributed by atoms with E-state index < -0.39 is 11.7 Å². The number of unbranched alkanes of at least 4 members (excludes halogenated alkanes) is 18. The van der Waals surface area contributed by atoms with Gasteiger partial charge in [0.15, 0.2) is 5.83 Å². The first-order chi connectivity index (χ1) is 19.0. The van der Waals surface area contributed by atoms with Crippen molar-refractivity contribution in [1.82, 2.24) is 10.6 Å². The van der Waals surface area contributed by atoms with Gasteiger partial charge in [-0.05, 0) is 57.1 Å². The molecule has 0 aromatic rings. The summed E-state index contributed by atoms with van der Waals surface area (Å²) >= 11 is 0. The lowest BCUT2D eigenvalue weighted by Gasteiger charge is -2.23. The lowest BCUT2D eigenvalue weighted by molar-refractivity contribution is -0.119. The number of nitrogens with one attached hydrogen (secondary N) is 2. The van der Waals surface area contributed by atoms with E-state index in [0.29, 0.717) is 12.8 Å². The van der Waals surface area contributed by atoms with E-state index in [-0.39, 0.29) is 23.6 Å². The summed E-state index contributed by atoms with van der Waals surface area (Å²) < 4.78 is 29.0. The Morgan fingerprint density at radius 1 is 0.641 bits per heavy atom. The fourth-order valence-corrected chi connectivity index (χ4v) is 5.42. The maximum atomic E-state index is 14.6. The van der Waals surface area contributed by atoms with Crippen molar-refractivity contribution >= 4 is 5.91 Å². The number of halogens is 2. The van der Waals surface area contributed by atoms with Gasteiger partial charge in [-0.15, -0.1) is 0 Å². The summed E-state index contributed by atoms with van der Waals surface area (Å²) in [5.41, 5.74) is 0.262. The highest BCUT2D eigenvalue weighted by Crippen LogP contribution is 2.23. The second-order valence-electron chi connectivity index (χ2n) is 11.6. The van der Waals surface area contributed by atoms with Crippen LogP contribution in [0.4, 0.5) is 8.78 Å². The smallest absolute Gasteiger partial charge is 0.279 e. The van der Waals surface area contributed by atoms with Gasteiger partial charge in [0, 0.05) is 12.1 Å². The van der Waals surface area contributed by atoms with E-state index in [1.54, 1.807) is 6.08 Å². The number of allylic oxidation sites excluding steroid dienone is 3. The highest BCUT2D eigenvalue weighted by Gasteiger charge is 2.30. The van der Waals surface area contributed by atoms with Crippen molar-refractivity contribution in [2.45, 2.75) is 174 Å². The van der Waals surface area contributed by atoms with Crippen LogP contribution in [0.1, 0.15) is 162 Å². The van der Waals surface area contributed by atoms with E-state index in [0.717, 1.165) is 44.9 Å². The molecule has 0 saturated heterocycles. The molecule has 226 valence electrons. The van der Waals surface area contributed by atoms with E-state index in [4.69, 9.17) is 0 Å². The normalized spacial score (nSPS) is 17.9. The third kappa shape index (κ3) is 18.3. The molecule has 1 saturated carbocycles. The Labute approximate surface area is 239 Å². The minimum absolute atomic E-state index is 0.126. The molecule has 1 aliphatic rings. The zero-order chi connectivity index (χ0) is 28.6. The molecule has 39 heavy (non-hydrogen) atoms. The minimum atomic E-state index is -0.703. The predicted octanol–water partition coefficient (Wildman–Crippen LogP) is 10.7. The topological polar surface area (TPSA) is 41.1 Å². The summed E-state index contributed by atoms with van der Waals surface area (Å²) in [6.45, 7) is 8.33. The molecule has 2 N–H and O–H groups in total. The van der Waals surface area contributed by atoms with Crippen molar-refractivity contribution in [3.8, 4) is 0 Å². The largest absolute Gasteiger partial charge is 0.378 e. The van der Waals surface area contributed by atoms with Gasteiger partial charge in [0.25, 0.3) is 5.91 Å². The number of carbonyl (C=O) groups excluding carboxylic acids is 1. The maximum Gasteiger partial charge on any atom is 0.279 e. The van der Waals surface area contributed by atoms with Gasteiger partial charge in [-0.1, -0.05) is 123 Å². The van der Waals surface area contributed by atoms with Gasteiger partial charge < -0.3 is 10.6 Å². The van der Waals surface area contributed by atoms with Crippen molar-refractivity contribution in [3.05, 3.63) is 36.1 Å². The van der Waals surface area contributed by atoms with Gasteiger partial charge in [-0.3, -0.25) is 4.79 Å². The summed E-state index contributed by atoms with van der Waals surface area (Å²) in [5.74, 6) is -1.68.